The fraction of sp³-hybridized carbons (Fsp3) is 0.462. The van der Waals surface area contributed by atoms with E-state index in [1.807, 2.05) is 4.90 Å². The second-order valence-corrected chi connectivity index (χ2v) is 4.51. The Kier molecular flexibility index (Phi) is 3.91. The molecule has 5 heteroatoms. The van der Waals surface area contributed by atoms with Gasteiger partial charge in [0.15, 0.2) is 0 Å². The minimum atomic E-state index is -2.49. The fourth-order valence-corrected chi connectivity index (χ4v) is 2.36. The number of hydrogen-bond acceptors (Lipinski definition) is 2. The summed E-state index contributed by atoms with van der Waals surface area (Å²) >= 11 is 0. The first-order valence-corrected chi connectivity index (χ1v) is 5.92. The van der Waals surface area contributed by atoms with Crippen molar-refractivity contribution in [3.8, 4) is 0 Å². The summed E-state index contributed by atoms with van der Waals surface area (Å²) < 4.78 is 25.1. The maximum absolute atomic E-state index is 12.6. The summed E-state index contributed by atoms with van der Waals surface area (Å²) in [7, 11) is 0. The normalized spacial score (nSPS) is 20.5. The number of likely N-dealkylation sites (tertiary alicyclic amines) is 1. The van der Waals surface area contributed by atoms with Gasteiger partial charge in [-0.1, -0.05) is 18.2 Å². The van der Waals surface area contributed by atoms with Crippen LogP contribution in [0.15, 0.2) is 24.3 Å². The van der Waals surface area contributed by atoms with Gasteiger partial charge in [-0.25, -0.2) is 8.78 Å². The second kappa shape index (κ2) is 5.44. The Morgan fingerprint density at radius 1 is 1.50 bits per heavy atom. The van der Waals surface area contributed by atoms with E-state index < -0.39 is 18.4 Å². The van der Waals surface area contributed by atoms with Gasteiger partial charge in [-0.05, 0) is 31.0 Å². The molecule has 0 saturated carbocycles. The minimum Gasteiger partial charge on any atom is -0.480 e. The smallest absolute Gasteiger partial charge is 0.320 e. The van der Waals surface area contributed by atoms with E-state index >= 15 is 0 Å². The van der Waals surface area contributed by atoms with Crippen LogP contribution in [0.1, 0.15) is 30.4 Å². The number of rotatable bonds is 4. The van der Waals surface area contributed by atoms with E-state index in [9.17, 15) is 13.6 Å². The zero-order valence-electron chi connectivity index (χ0n) is 9.85. The number of alkyl halides is 2. The summed E-state index contributed by atoms with van der Waals surface area (Å²) in [5, 5.41) is 9.04. The van der Waals surface area contributed by atoms with E-state index in [0.29, 0.717) is 19.5 Å². The predicted octanol–water partition coefficient (Wildman–Crippen LogP) is 2.67. The van der Waals surface area contributed by atoms with Crippen molar-refractivity contribution in [1.82, 2.24) is 4.90 Å². The van der Waals surface area contributed by atoms with Gasteiger partial charge in [-0.3, -0.25) is 9.69 Å². The average molecular weight is 255 g/mol. The Balaban J connectivity index is 2.09. The van der Waals surface area contributed by atoms with Gasteiger partial charge in [0.1, 0.15) is 6.04 Å². The Morgan fingerprint density at radius 2 is 2.28 bits per heavy atom. The van der Waals surface area contributed by atoms with Crippen LogP contribution in [0.2, 0.25) is 0 Å². The summed E-state index contributed by atoms with van der Waals surface area (Å²) in [4.78, 5) is 12.8. The van der Waals surface area contributed by atoms with Crippen LogP contribution in [0, 0.1) is 0 Å². The SMILES string of the molecule is O=C(O)C1CCCN1Cc1cccc(C(F)F)c1. The third-order valence-corrected chi connectivity index (χ3v) is 3.24. The van der Waals surface area contributed by atoms with Crippen molar-refractivity contribution in [1.29, 1.82) is 0 Å². The maximum Gasteiger partial charge on any atom is 0.320 e. The highest BCUT2D eigenvalue weighted by molar-refractivity contribution is 5.73. The zero-order chi connectivity index (χ0) is 13.1. The first-order chi connectivity index (χ1) is 8.58. The number of carboxylic acids is 1. The van der Waals surface area contributed by atoms with E-state index in [4.69, 9.17) is 5.11 Å². The lowest BCUT2D eigenvalue weighted by molar-refractivity contribution is -0.142. The lowest BCUT2D eigenvalue weighted by atomic mass is 10.1. The standard InChI is InChI=1S/C13H15F2NO2/c14-12(15)10-4-1-3-9(7-10)8-16-6-2-5-11(16)13(17)18/h1,3-4,7,11-12H,2,5-6,8H2,(H,17,18). The topological polar surface area (TPSA) is 40.5 Å². The molecule has 1 aromatic rings. The van der Waals surface area contributed by atoms with Crippen molar-refractivity contribution in [3.63, 3.8) is 0 Å². The molecule has 0 aliphatic carbocycles. The van der Waals surface area contributed by atoms with Gasteiger partial charge in [0, 0.05) is 12.1 Å². The van der Waals surface area contributed by atoms with E-state index in [2.05, 4.69) is 0 Å². The third-order valence-electron chi connectivity index (χ3n) is 3.24. The number of benzene rings is 1. The molecule has 0 aromatic heterocycles. The number of aliphatic carboxylic acids is 1. The Morgan fingerprint density at radius 3 is 2.94 bits per heavy atom. The van der Waals surface area contributed by atoms with Crippen LogP contribution < -0.4 is 0 Å². The first-order valence-electron chi connectivity index (χ1n) is 5.92. The van der Waals surface area contributed by atoms with Crippen molar-refractivity contribution < 1.29 is 18.7 Å². The summed E-state index contributed by atoms with van der Waals surface area (Å²) in [6, 6.07) is 5.68. The molecular formula is C13H15F2NO2. The van der Waals surface area contributed by atoms with Crippen LogP contribution in [0.4, 0.5) is 8.78 Å². The number of carbonyl (C=O) groups is 1. The molecule has 1 fully saturated rings. The largest absolute Gasteiger partial charge is 0.480 e. The van der Waals surface area contributed by atoms with Crippen LogP contribution in [0.5, 0.6) is 0 Å². The van der Waals surface area contributed by atoms with Gasteiger partial charge >= 0.3 is 5.97 Å². The molecule has 98 valence electrons. The molecule has 1 heterocycles. The molecule has 1 atom stereocenters. The Hall–Kier alpha value is -1.49. The molecule has 1 aliphatic rings. The van der Waals surface area contributed by atoms with Gasteiger partial charge in [-0.15, -0.1) is 0 Å². The van der Waals surface area contributed by atoms with Gasteiger partial charge in [-0.2, -0.15) is 0 Å². The second-order valence-electron chi connectivity index (χ2n) is 4.51. The lowest BCUT2D eigenvalue weighted by Crippen LogP contribution is -2.35. The highest BCUT2D eigenvalue weighted by atomic mass is 19.3. The van der Waals surface area contributed by atoms with E-state index in [1.54, 1.807) is 12.1 Å². The summed E-state index contributed by atoms with van der Waals surface area (Å²) in [6.45, 7) is 1.12. The van der Waals surface area contributed by atoms with Crippen LogP contribution in [0.3, 0.4) is 0 Å². The molecular weight excluding hydrogens is 240 g/mol. The molecule has 1 unspecified atom stereocenters. The van der Waals surface area contributed by atoms with Crippen LogP contribution >= 0.6 is 0 Å². The molecule has 0 spiro atoms. The zero-order valence-corrected chi connectivity index (χ0v) is 9.85. The summed E-state index contributed by atoms with van der Waals surface area (Å²) in [5.41, 5.74) is 0.722. The molecule has 0 bridgehead atoms. The molecule has 1 aliphatic heterocycles. The van der Waals surface area contributed by atoms with Crippen LogP contribution in [0.25, 0.3) is 0 Å². The minimum absolute atomic E-state index is 0.0152. The van der Waals surface area contributed by atoms with Gasteiger partial charge in [0.2, 0.25) is 0 Å². The fourth-order valence-electron chi connectivity index (χ4n) is 2.36. The van der Waals surface area contributed by atoms with E-state index in [1.165, 1.54) is 12.1 Å². The van der Waals surface area contributed by atoms with E-state index in [0.717, 1.165) is 12.0 Å². The molecule has 0 radical (unpaired) electrons. The Bertz CT molecular complexity index is 437. The quantitative estimate of drug-likeness (QED) is 0.899. The van der Waals surface area contributed by atoms with Crippen molar-refractivity contribution >= 4 is 5.97 Å². The molecule has 1 N–H and O–H groups in total. The monoisotopic (exact) mass is 255 g/mol. The lowest BCUT2D eigenvalue weighted by Gasteiger charge is -2.21. The Labute approximate surface area is 104 Å². The van der Waals surface area contributed by atoms with Crippen molar-refractivity contribution in [2.45, 2.75) is 31.9 Å². The number of nitrogens with zero attached hydrogens (tertiary/aromatic N) is 1. The highest BCUT2D eigenvalue weighted by Crippen LogP contribution is 2.23. The van der Waals surface area contributed by atoms with Gasteiger partial charge < -0.3 is 5.11 Å². The van der Waals surface area contributed by atoms with E-state index in [-0.39, 0.29) is 5.56 Å². The summed E-state index contributed by atoms with van der Waals surface area (Å²) in [5.74, 6) is -0.836. The van der Waals surface area contributed by atoms with Crippen molar-refractivity contribution in [2.75, 3.05) is 6.54 Å². The molecule has 18 heavy (non-hydrogen) atoms. The average Bonchev–Trinajstić information content (AvgIpc) is 2.77. The first kappa shape index (κ1) is 13.0. The van der Waals surface area contributed by atoms with Crippen LogP contribution in [-0.4, -0.2) is 28.6 Å². The number of halogens is 2. The maximum atomic E-state index is 12.6. The van der Waals surface area contributed by atoms with Gasteiger partial charge in [0.25, 0.3) is 6.43 Å². The van der Waals surface area contributed by atoms with Crippen LogP contribution in [-0.2, 0) is 11.3 Å². The van der Waals surface area contributed by atoms with Crippen molar-refractivity contribution in [2.24, 2.45) is 0 Å². The molecule has 1 aromatic carbocycles. The molecule has 1 saturated heterocycles. The third kappa shape index (κ3) is 2.85. The number of carboxylic acid groups (broad SMARTS) is 1. The predicted molar refractivity (Wildman–Crippen MR) is 62.5 cm³/mol. The van der Waals surface area contributed by atoms with Gasteiger partial charge in [0.05, 0.1) is 0 Å². The molecule has 2 rings (SSSR count). The van der Waals surface area contributed by atoms with Crippen molar-refractivity contribution in [3.05, 3.63) is 35.4 Å². The highest BCUT2D eigenvalue weighted by Gasteiger charge is 2.30. The summed E-state index contributed by atoms with van der Waals surface area (Å²) in [6.07, 6.45) is -1.02. The molecule has 3 nitrogen and oxygen atoms in total. The molecule has 0 amide bonds. The number of hydrogen-bond donors (Lipinski definition) is 1.